The van der Waals surface area contributed by atoms with Crippen molar-refractivity contribution in [2.75, 3.05) is 46.0 Å². The van der Waals surface area contributed by atoms with Crippen LogP contribution in [0.5, 0.6) is 0 Å². The monoisotopic (exact) mass is 542 g/mol. The molecule has 3 aromatic rings. The number of sulfone groups is 1. The van der Waals surface area contributed by atoms with E-state index in [2.05, 4.69) is 9.88 Å². The van der Waals surface area contributed by atoms with E-state index in [1.165, 1.54) is 6.26 Å². The topological polar surface area (TPSA) is 107 Å². The second kappa shape index (κ2) is 12.2. The van der Waals surface area contributed by atoms with Crippen LogP contribution in [0.4, 0.5) is 0 Å². The number of rotatable bonds is 11. The van der Waals surface area contributed by atoms with E-state index in [1.807, 2.05) is 18.2 Å². The summed E-state index contributed by atoms with van der Waals surface area (Å²) >= 11 is 0. The number of morpholine rings is 1. The summed E-state index contributed by atoms with van der Waals surface area (Å²) in [5, 5.41) is 0.00503. The van der Waals surface area contributed by atoms with Gasteiger partial charge in [-0.25, -0.2) is 13.4 Å². The molecule has 1 amide bonds. The Morgan fingerprint density at radius 2 is 1.89 bits per heavy atom. The van der Waals surface area contributed by atoms with Crippen molar-refractivity contribution in [3.05, 3.63) is 71.9 Å². The Bertz CT molecular complexity index is 1280. The van der Waals surface area contributed by atoms with E-state index in [4.69, 9.17) is 13.9 Å². The molecule has 2 saturated heterocycles. The third-order valence-corrected chi connectivity index (χ3v) is 8.55. The lowest BCUT2D eigenvalue weighted by molar-refractivity contribution is 0.0314. The summed E-state index contributed by atoms with van der Waals surface area (Å²) in [5.74, 6) is -0.155. The Labute approximate surface area is 223 Å². The van der Waals surface area contributed by atoms with Gasteiger partial charge in [-0.05, 0) is 30.5 Å². The van der Waals surface area contributed by atoms with Gasteiger partial charge in [0, 0.05) is 32.8 Å². The molecule has 4 heterocycles. The first-order valence-electron chi connectivity index (χ1n) is 13.1. The maximum Gasteiger partial charge on any atom is 0.289 e. The number of hydrogen-bond donors (Lipinski definition) is 0. The van der Waals surface area contributed by atoms with Crippen molar-refractivity contribution in [1.29, 1.82) is 0 Å². The van der Waals surface area contributed by atoms with Gasteiger partial charge >= 0.3 is 0 Å². The summed E-state index contributed by atoms with van der Waals surface area (Å²) in [7, 11) is -3.74. The highest BCUT2D eigenvalue weighted by Crippen LogP contribution is 2.23. The Morgan fingerprint density at radius 1 is 1.08 bits per heavy atom. The van der Waals surface area contributed by atoms with Crippen LogP contribution in [-0.2, 0) is 38.2 Å². The van der Waals surface area contributed by atoms with Crippen LogP contribution in [0, 0.1) is 0 Å². The van der Waals surface area contributed by atoms with Gasteiger partial charge in [0.1, 0.15) is 0 Å². The first kappa shape index (κ1) is 26.6. The molecule has 2 aromatic heterocycles. The number of benzene rings is 1. The van der Waals surface area contributed by atoms with Crippen LogP contribution >= 0.6 is 0 Å². The van der Waals surface area contributed by atoms with Gasteiger partial charge in [-0.3, -0.25) is 9.69 Å². The molecule has 0 N–H and O–H groups in total. The lowest BCUT2D eigenvalue weighted by Crippen LogP contribution is -2.43. The number of amides is 1. The SMILES string of the molecule is O=C(c1ccco1)N(CCN1CCOCC1)Cc1cnc(S(=O)(=O)Cc2ccccc2)n1C[C@@H]1CCCO1. The molecule has 10 nitrogen and oxygen atoms in total. The number of carbonyl (C=O) groups is 1. The van der Waals surface area contributed by atoms with Crippen LogP contribution < -0.4 is 0 Å². The summed E-state index contributed by atoms with van der Waals surface area (Å²) in [6.45, 7) is 5.31. The molecule has 0 saturated carbocycles. The molecule has 0 unspecified atom stereocenters. The third kappa shape index (κ3) is 6.52. The minimum absolute atomic E-state index is 0.00503. The van der Waals surface area contributed by atoms with Crippen molar-refractivity contribution in [1.82, 2.24) is 19.4 Å². The average Bonchev–Trinajstić information content (AvgIpc) is 3.71. The molecule has 38 heavy (non-hydrogen) atoms. The van der Waals surface area contributed by atoms with Gasteiger partial charge in [-0.15, -0.1) is 0 Å². The normalized spacial score (nSPS) is 18.6. The van der Waals surface area contributed by atoms with Crippen molar-refractivity contribution in [2.45, 2.75) is 42.9 Å². The number of hydrogen-bond acceptors (Lipinski definition) is 8. The van der Waals surface area contributed by atoms with Gasteiger partial charge < -0.3 is 23.4 Å². The van der Waals surface area contributed by atoms with Gasteiger partial charge in [-0.2, -0.15) is 0 Å². The van der Waals surface area contributed by atoms with Crippen LogP contribution in [0.3, 0.4) is 0 Å². The molecule has 0 radical (unpaired) electrons. The van der Waals surface area contributed by atoms with Crippen molar-refractivity contribution in [3.63, 3.8) is 0 Å². The molecule has 1 atom stereocenters. The highest BCUT2D eigenvalue weighted by atomic mass is 32.2. The highest BCUT2D eigenvalue weighted by molar-refractivity contribution is 7.90. The highest BCUT2D eigenvalue weighted by Gasteiger charge is 2.29. The van der Waals surface area contributed by atoms with E-state index in [-0.39, 0.29) is 35.2 Å². The summed E-state index contributed by atoms with van der Waals surface area (Å²) in [6.07, 6.45) is 4.73. The summed E-state index contributed by atoms with van der Waals surface area (Å²) in [5.41, 5.74) is 1.34. The molecule has 1 aromatic carbocycles. The maximum atomic E-state index is 13.5. The van der Waals surface area contributed by atoms with Crippen molar-refractivity contribution >= 4 is 15.7 Å². The molecule has 0 aliphatic carbocycles. The Balaban J connectivity index is 1.42. The van der Waals surface area contributed by atoms with E-state index in [9.17, 15) is 13.2 Å². The van der Waals surface area contributed by atoms with Crippen molar-refractivity contribution < 1.29 is 27.1 Å². The van der Waals surface area contributed by atoms with Gasteiger partial charge in [0.15, 0.2) is 5.76 Å². The van der Waals surface area contributed by atoms with Gasteiger partial charge in [-0.1, -0.05) is 30.3 Å². The number of imidazole rings is 1. The molecule has 204 valence electrons. The lowest BCUT2D eigenvalue weighted by Gasteiger charge is -2.30. The van der Waals surface area contributed by atoms with Gasteiger partial charge in [0.2, 0.25) is 15.0 Å². The van der Waals surface area contributed by atoms with Crippen LogP contribution in [0.2, 0.25) is 0 Å². The first-order chi connectivity index (χ1) is 18.5. The smallest absolute Gasteiger partial charge is 0.289 e. The molecule has 0 bridgehead atoms. The third-order valence-electron chi connectivity index (χ3n) is 6.95. The number of furan rings is 1. The number of aromatic nitrogens is 2. The Hall–Kier alpha value is -2.99. The fraction of sp³-hybridized carbons (Fsp3) is 0.481. The molecule has 2 aliphatic rings. The number of nitrogens with zero attached hydrogens (tertiary/aromatic N) is 4. The quantitative estimate of drug-likeness (QED) is 0.364. The van der Waals surface area contributed by atoms with Crippen LogP contribution in [0.1, 0.15) is 34.7 Å². The van der Waals surface area contributed by atoms with E-state index in [0.717, 1.165) is 25.9 Å². The second-order valence-corrected chi connectivity index (χ2v) is 11.6. The predicted octanol–water partition coefficient (Wildman–Crippen LogP) is 2.60. The van der Waals surface area contributed by atoms with Crippen molar-refractivity contribution in [2.24, 2.45) is 0 Å². The zero-order chi connectivity index (χ0) is 26.4. The fourth-order valence-corrected chi connectivity index (χ4v) is 6.40. The second-order valence-electron chi connectivity index (χ2n) is 9.68. The lowest BCUT2D eigenvalue weighted by atomic mass is 10.2. The number of carbonyl (C=O) groups excluding carboxylic acids is 1. The molecular formula is C27H34N4O6S. The standard InChI is InChI=1S/C27H34N4O6S/c32-26(25-9-5-15-37-25)30(11-10-29-12-16-35-17-13-29)19-23-18-28-27(31(23)20-24-8-4-14-36-24)38(33,34)21-22-6-2-1-3-7-22/h1-3,5-7,9,15,18,24H,4,8,10-14,16-17,19-21H2/t24-/m0/s1. The van der Waals surface area contributed by atoms with E-state index >= 15 is 0 Å². The van der Waals surface area contributed by atoms with Crippen LogP contribution in [0.25, 0.3) is 0 Å². The van der Waals surface area contributed by atoms with Crippen LogP contribution in [0.15, 0.2) is 64.5 Å². The minimum atomic E-state index is -3.74. The number of ether oxygens (including phenoxy) is 2. The molecule has 2 aliphatic heterocycles. The summed E-state index contributed by atoms with van der Waals surface area (Å²) in [6, 6.07) is 12.4. The Kier molecular flexibility index (Phi) is 8.58. The molecule has 2 fully saturated rings. The molecule has 11 heteroatoms. The maximum absolute atomic E-state index is 13.5. The van der Waals surface area contributed by atoms with E-state index < -0.39 is 9.84 Å². The Morgan fingerprint density at radius 3 is 2.61 bits per heavy atom. The first-order valence-corrected chi connectivity index (χ1v) is 14.7. The molecule has 5 rings (SSSR count). The summed E-state index contributed by atoms with van der Waals surface area (Å²) in [4.78, 5) is 21.7. The average molecular weight is 543 g/mol. The van der Waals surface area contributed by atoms with Gasteiger partial charge in [0.25, 0.3) is 5.91 Å². The van der Waals surface area contributed by atoms with Gasteiger partial charge in [0.05, 0.1) is 56.3 Å². The zero-order valence-electron chi connectivity index (χ0n) is 21.4. The minimum Gasteiger partial charge on any atom is -0.459 e. The van der Waals surface area contributed by atoms with E-state index in [0.29, 0.717) is 50.7 Å². The predicted molar refractivity (Wildman–Crippen MR) is 139 cm³/mol. The van der Waals surface area contributed by atoms with Crippen molar-refractivity contribution in [3.8, 4) is 0 Å². The fourth-order valence-electron chi connectivity index (χ4n) is 4.90. The van der Waals surface area contributed by atoms with E-state index in [1.54, 1.807) is 39.9 Å². The largest absolute Gasteiger partial charge is 0.459 e. The summed E-state index contributed by atoms with van der Waals surface area (Å²) < 4.78 is 45.4. The van der Waals surface area contributed by atoms with Crippen LogP contribution in [-0.4, -0.2) is 85.8 Å². The molecular weight excluding hydrogens is 508 g/mol. The zero-order valence-corrected chi connectivity index (χ0v) is 22.2. The molecule has 0 spiro atoms.